The zero-order chi connectivity index (χ0) is 19.3. The summed E-state index contributed by atoms with van der Waals surface area (Å²) in [6, 6.07) is 12.8. The molecule has 3 N–H and O–H groups in total. The van der Waals surface area contributed by atoms with Crippen LogP contribution < -0.4 is 15.3 Å². The Hall–Kier alpha value is -3.26. The molecule has 0 heterocycles. The zero-order valence-corrected chi connectivity index (χ0v) is 14.6. The highest BCUT2D eigenvalue weighted by Crippen LogP contribution is 2.43. The van der Waals surface area contributed by atoms with Gasteiger partial charge in [-0.3, -0.25) is 0 Å². The van der Waals surface area contributed by atoms with Gasteiger partial charge in [-0.25, -0.2) is 20.4 Å². The smallest absolute Gasteiger partial charge is 0.425 e. The Labute approximate surface area is 150 Å². The molecule has 2 aromatic rings. The molecule has 0 radical (unpaired) electrons. The lowest BCUT2D eigenvalue weighted by Gasteiger charge is -2.38. The molecule has 0 spiro atoms. The van der Waals surface area contributed by atoms with Gasteiger partial charge in [0.2, 0.25) is 5.54 Å². The van der Waals surface area contributed by atoms with Crippen molar-refractivity contribution in [3.63, 3.8) is 0 Å². The van der Waals surface area contributed by atoms with Crippen LogP contribution in [0, 0.1) is 0 Å². The monoisotopic (exact) mass is 360 g/mol. The van der Waals surface area contributed by atoms with E-state index < -0.39 is 17.6 Å². The molecule has 0 unspecified atom stereocenters. The van der Waals surface area contributed by atoms with Gasteiger partial charge in [0.25, 0.3) is 0 Å². The Bertz CT molecular complexity index is 760. The van der Waals surface area contributed by atoms with Crippen LogP contribution in [-0.2, 0) is 15.1 Å². The van der Waals surface area contributed by atoms with Crippen LogP contribution in [0.2, 0.25) is 0 Å². The largest absolute Gasteiger partial charge is 0.496 e. The van der Waals surface area contributed by atoms with E-state index in [-0.39, 0.29) is 22.6 Å². The normalized spacial score (nSPS) is 10.8. The molecule has 2 rings (SSSR count). The first kappa shape index (κ1) is 19.1. The third kappa shape index (κ3) is 2.91. The Morgan fingerprint density at radius 1 is 0.923 bits per heavy atom. The highest BCUT2D eigenvalue weighted by Gasteiger charge is 2.53. The molecule has 0 aromatic heterocycles. The highest BCUT2D eigenvalue weighted by molar-refractivity contribution is 5.91. The van der Waals surface area contributed by atoms with E-state index in [4.69, 9.17) is 15.3 Å². The Kier molecular flexibility index (Phi) is 5.68. The molecule has 0 fully saturated rings. The van der Waals surface area contributed by atoms with E-state index in [0.29, 0.717) is 5.01 Å². The first-order valence-corrected chi connectivity index (χ1v) is 7.58. The number of carbonyl (C=O) groups excluding carboxylic acids is 1. The Balaban J connectivity index is 2.96. The van der Waals surface area contributed by atoms with Gasteiger partial charge in [0, 0.05) is 11.1 Å². The van der Waals surface area contributed by atoms with E-state index in [9.17, 15) is 14.7 Å². The van der Waals surface area contributed by atoms with Crippen molar-refractivity contribution in [3.8, 4) is 11.5 Å². The number of carboxylic acids is 1. The number of carbonyl (C=O) groups is 2. The average molecular weight is 360 g/mol. The SMILES string of the molecule is COC(=O)N(N)C(C(=O)O)(c1ccccc1OC)c1ccccc1OC. The molecule has 0 aliphatic heterocycles. The molecule has 0 atom stereocenters. The maximum Gasteiger partial charge on any atom is 0.425 e. The standard InChI is InChI=1S/C18H20N2O6/c1-24-14-10-6-4-8-12(14)18(16(21)22,20(19)17(23)26-3)13-9-5-7-11-15(13)25-2/h4-11H,19H2,1-3H3,(H,21,22). The van der Waals surface area contributed by atoms with Crippen molar-refractivity contribution in [3.05, 3.63) is 59.7 Å². The van der Waals surface area contributed by atoms with Crippen molar-refractivity contribution in [1.82, 2.24) is 5.01 Å². The minimum atomic E-state index is -2.15. The van der Waals surface area contributed by atoms with Crippen LogP contribution in [0.5, 0.6) is 11.5 Å². The predicted octanol–water partition coefficient (Wildman–Crippen LogP) is 1.97. The summed E-state index contributed by atoms with van der Waals surface area (Å²) in [7, 11) is 3.90. The lowest BCUT2D eigenvalue weighted by Crippen LogP contribution is -2.59. The second-order valence-electron chi connectivity index (χ2n) is 5.26. The summed E-state index contributed by atoms with van der Waals surface area (Å²) in [6.07, 6.45) is -1.04. The fraction of sp³-hybridized carbons (Fsp3) is 0.222. The van der Waals surface area contributed by atoms with Gasteiger partial charge in [-0.15, -0.1) is 0 Å². The second-order valence-corrected chi connectivity index (χ2v) is 5.26. The quantitative estimate of drug-likeness (QED) is 0.460. The average Bonchev–Trinajstić information content (AvgIpc) is 2.68. The predicted molar refractivity (Wildman–Crippen MR) is 92.8 cm³/mol. The van der Waals surface area contributed by atoms with Crippen LogP contribution >= 0.6 is 0 Å². The number of aliphatic carboxylic acids is 1. The summed E-state index contributed by atoms with van der Waals surface area (Å²) >= 11 is 0. The van der Waals surface area contributed by atoms with Crippen LogP contribution in [0.4, 0.5) is 4.79 Å². The number of ether oxygens (including phenoxy) is 3. The minimum absolute atomic E-state index is 0.146. The zero-order valence-electron chi connectivity index (χ0n) is 14.6. The molecule has 0 aliphatic carbocycles. The van der Waals surface area contributed by atoms with E-state index in [1.165, 1.54) is 26.4 Å². The summed E-state index contributed by atoms with van der Waals surface area (Å²) in [5.74, 6) is 5.06. The molecule has 138 valence electrons. The van der Waals surface area contributed by atoms with Crippen LogP contribution in [0.1, 0.15) is 11.1 Å². The first-order valence-electron chi connectivity index (χ1n) is 7.58. The number of hydrazine groups is 1. The number of benzene rings is 2. The number of nitrogens with two attached hydrogens (primary N) is 1. The van der Waals surface area contributed by atoms with E-state index in [1.807, 2.05) is 0 Å². The van der Waals surface area contributed by atoms with Crippen molar-refractivity contribution < 1.29 is 28.9 Å². The molecule has 8 nitrogen and oxygen atoms in total. The topological polar surface area (TPSA) is 111 Å². The number of nitrogens with zero attached hydrogens (tertiary/aromatic N) is 1. The van der Waals surface area contributed by atoms with Gasteiger partial charge in [0.05, 0.1) is 21.3 Å². The number of para-hydroxylation sites is 2. The van der Waals surface area contributed by atoms with Crippen LogP contribution in [0.3, 0.4) is 0 Å². The van der Waals surface area contributed by atoms with Gasteiger partial charge < -0.3 is 19.3 Å². The molecule has 26 heavy (non-hydrogen) atoms. The maximum absolute atomic E-state index is 12.6. The molecule has 0 aliphatic rings. The summed E-state index contributed by atoms with van der Waals surface area (Å²) in [4.78, 5) is 24.8. The van der Waals surface area contributed by atoms with Crippen molar-refractivity contribution in [2.75, 3.05) is 21.3 Å². The third-order valence-electron chi connectivity index (χ3n) is 4.04. The molecule has 8 heteroatoms. The van der Waals surface area contributed by atoms with Gasteiger partial charge in [-0.05, 0) is 12.1 Å². The van der Waals surface area contributed by atoms with Crippen LogP contribution in [0.25, 0.3) is 0 Å². The Morgan fingerprint density at radius 2 is 1.35 bits per heavy atom. The minimum Gasteiger partial charge on any atom is -0.496 e. The van der Waals surface area contributed by atoms with Gasteiger partial charge in [0.1, 0.15) is 11.5 Å². The first-order chi connectivity index (χ1) is 12.4. The van der Waals surface area contributed by atoms with Gasteiger partial charge in [0.15, 0.2) is 0 Å². The molecule has 1 amide bonds. The van der Waals surface area contributed by atoms with E-state index in [1.54, 1.807) is 36.4 Å². The molecule has 0 bridgehead atoms. The van der Waals surface area contributed by atoms with Crippen molar-refractivity contribution in [2.24, 2.45) is 5.84 Å². The molecule has 2 aromatic carbocycles. The lowest BCUT2D eigenvalue weighted by molar-refractivity contribution is -0.148. The number of rotatable bonds is 6. The van der Waals surface area contributed by atoms with Gasteiger partial charge in [-0.2, -0.15) is 0 Å². The van der Waals surface area contributed by atoms with E-state index in [2.05, 4.69) is 4.74 Å². The van der Waals surface area contributed by atoms with Crippen molar-refractivity contribution in [1.29, 1.82) is 0 Å². The lowest BCUT2D eigenvalue weighted by atomic mass is 9.81. The Morgan fingerprint density at radius 3 is 1.69 bits per heavy atom. The fourth-order valence-corrected chi connectivity index (χ4v) is 2.86. The van der Waals surface area contributed by atoms with E-state index >= 15 is 0 Å². The second kappa shape index (κ2) is 7.75. The summed E-state index contributed by atoms with van der Waals surface area (Å²) < 4.78 is 15.3. The molecular formula is C18H20N2O6. The maximum atomic E-state index is 12.6. The van der Waals surface area contributed by atoms with Crippen molar-refractivity contribution in [2.45, 2.75) is 5.54 Å². The summed E-state index contributed by atoms with van der Waals surface area (Å²) in [5.41, 5.74) is -1.86. The van der Waals surface area contributed by atoms with Gasteiger partial charge in [-0.1, -0.05) is 36.4 Å². The number of hydrogen-bond donors (Lipinski definition) is 2. The van der Waals surface area contributed by atoms with Gasteiger partial charge >= 0.3 is 12.1 Å². The van der Waals surface area contributed by atoms with Crippen LogP contribution in [0.15, 0.2) is 48.5 Å². The molecule has 0 saturated heterocycles. The summed E-state index contributed by atoms with van der Waals surface area (Å²) in [5, 5.41) is 10.8. The molecule has 0 saturated carbocycles. The number of carboxylic acid groups (broad SMARTS) is 1. The van der Waals surface area contributed by atoms with E-state index in [0.717, 1.165) is 7.11 Å². The number of hydrogen-bond acceptors (Lipinski definition) is 6. The fourth-order valence-electron chi connectivity index (χ4n) is 2.86. The van der Waals surface area contributed by atoms with Crippen LogP contribution in [-0.4, -0.2) is 43.5 Å². The number of methoxy groups -OCH3 is 3. The highest BCUT2D eigenvalue weighted by atomic mass is 16.5. The molecular weight excluding hydrogens is 340 g/mol. The third-order valence-corrected chi connectivity index (χ3v) is 4.04. The number of amides is 1. The van der Waals surface area contributed by atoms with Crippen molar-refractivity contribution >= 4 is 12.1 Å². The summed E-state index contributed by atoms with van der Waals surface area (Å²) in [6.45, 7) is 0.